The highest BCUT2D eigenvalue weighted by atomic mass is 32.2. The highest BCUT2D eigenvalue weighted by molar-refractivity contribution is 7.89. The molecular weight excluding hydrogens is 505 g/mol. The minimum absolute atomic E-state index is 0.00440. The summed E-state index contributed by atoms with van der Waals surface area (Å²) in [6.45, 7) is 12.0. The van der Waals surface area contributed by atoms with Crippen LogP contribution in [0.3, 0.4) is 0 Å². The SMILES string of the molecule is [C-]#[N+]C1(NS(=O)(=O)c2cc3c(cnn3-c3nnc(C(F)F)s3)c(N3C[C@H](C)N[C@@H](C)C3)c2F)CC1. The summed E-state index contributed by atoms with van der Waals surface area (Å²) in [6.07, 6.45) is -0.806. The van der Waals surface area contributed by atoms with Gasteiger partial charge in [-0.3, -0.25) is 4.85 Å². The normalized spacial score (nSPS) is 22.0. The van der Waals surface area contributed by atoms with Crippen molar-refractivity contribution in [2.75, 3.05) is 18.0 Å². The molecule has 0 spiro atoms. The van der Waals surface area contributed by atoms with Crippen LogP contribution < -0.4 is 14.9 Å². The van der Waals surface area contributed by atoms with E-state index in [2.05, 4.69) is 30.2 Å². The first-order chi connectivity index (χ1) is 16.5. The summed E-state index contributed by atoms with van der Waals surface area (Å²) in [5.74, 6) is -0.961. The topological polar surface area (TPSA) is 109 Å². The lowest BCUT2D eigenvalue weighted by Gasteiger charge is -2.38. The van der Waals surface area contributed by atoms with Crippen molar-refractivity contribution in [2.45, 2.75) is 55.8 Å². The number of fused-ring (bicyclic) bond motifs is 1. The minimum Gasteiger partial charge on any atom is -0.365 e. The Bertz CT molecular complexity index is 1430. The molecule has 1 aromatic carbocycles. The van der Waals surface area contributed by atoms with Crippen molar-refractivity contribution in [3.63, 3.8) is 0 Å². The Morgan fingerprint density at radius 3 is 2.54 bits per heavy atom. The average Bonchev–Trinajstić information content (AvgIpc) is 3.18. The maximum absolute atomic E-state index is 16.0. The molecule has 186 valence electrons. The molecule has 0 amide bonds. The van der Waals surface area contributed by atoms with E-state index in [1.807, 2.05) is 13.8 Å². The number of nitrogens with one attached hydrogen (secondary N) is 2. The van der Waals surface area contributed by atoms with Gasteiger partial charge in [-0.25, -0.2) is 32.8 Å². The zero-order chi connectivity index (χ0) is 25.1. The molecule has 3 heterocycles. The van der Waals surface area contributed by atoms with Gasteiger partial charge in [0, 0.05) is 30.6 Å². The third kappa shape index (κ3) is 4.24. The molecule has 0 unspecified atom stereocenters. The Labute approximate surface area is 203 Å². The first-order valence-corrected chi connectivity index (χ1v) is 13.1. The third-order valence-electron chi connectivity index (χ3n) is 5.98. The van der Waals surface area contributed by atoms with Crippen LogP contribution in [0.4, 0.5) is 18.9 Å². The Balaban J connectivity index is 1.72. The van der Waals surface area contributed by atoms with Crippen LogP contribution in [-0.4, -0.2) is 59.2 Å². The van der Waals surface area contributed by atoms with E-state index in [0.717, 1.165) is 6.07 Å². The number of aromatic nitrogens is 4. The van der Waals surface area contributed by atoms with Crippen LogP contribution >= 0.6 is 11.3 Å². The largest absolute Gasteiger partial charge is 0.365 e. The molecule has 0 bridgehead atoms. The van der Waals surface area contributed by atoms with Crippen molar-refractivity contribution >= 4 is 38.0 Å². The maximum atomic E-state index is 16.0. The monoisotopic (exact) mass is 526 g/mol. The molecule has 1 saturated carbocycles. The first-order valence-electron chi connectivity index (χ1n) is 10.8. The van der Waals surface area contributed by atoms with Gasteiger partial charge < -0.3 is 10.2 Å². The van der Waals surface area contributed by atoms with Gasteiger partial charge in [0.25, 0.3) is 12.1 Å². The van der Waals surface area contributed by atoms with Crippen LogP contribution in [0, 0.1) is 12.4 Å². The number of hydrogen-bond acceptors (Lipinski definition) is 8. The van der Waals surface area contributed by atoms with E-state index in [1.165, 1.54) is 10.9 Å². The van der Waals surface area contributed by atoms with Crippen LogP contribution in [0.15, 0.2) is 17.2 Å². The zero-order valence-electron chi connectivity index (χ0n) is 18.7. The first kappa shape index (κ1) is 23.9. The van der Waals surface area contributed by atoms with E-state index in [9.17, 15) is 17.2 Å². The van der Waals surface area contributed by atoms with E-state index in [4.69, 9.17) is 6.57 Å². The summed E-state index contributed by atoms with van der Waals surface area (Å²) < 4.78 is 72.2. The fourth-order valence-electron chi connectivity index (χ4n) is 4.33. The van der Waals surface area contributed by atoms with Gasteiger partial charge in [-0.1, -0.05) is 11.3 Å². The lowest BCUT2D eigenvalue weighted by Crippen LogP contribution is -2.54. The summed E-state index contributed by atoms with van der Waals surface area (Å²) in [5, 5.41) is 14.6. The van der Waals surface area contributed by atoms with E-state index >= 15 is 4.39 Å². The van der Waals surface area contributed by atoms with E-state index in [-0.39, 0.29) is 28.4 Å². The van der Waals surface area contributed by atoms with Crippen molar-refractivity contribution in [1.82, 2.24) is 30.0 Å². The molecule has 3 aromatic rings. The summed E-state index contributed by atoms with van der Waals surface area (Å²) in [4.78, 5) is 4.46. The van der Waals surface area contributed by atoms with E-state index < -0.39 is 37.8 Å². The lowest BCUT2D eigenvalue weighted by molar-refractivity contribution is 0.150. The Hall–Kier alpha value is -2.80. The molecule has 0 radical (unpaired) electrons. The molecule has 1 saturated heterocycles. The van der Waals surface area contributed by atoms with Crippen LogP contribution in [0.2, 0.25) is 0 Å². The number of hydrogen-bond donors (Lipinski definition) is 2. The summed E-state index contributed by atoms with van der Waals surface area (Å²) >= 11 is 0.603. The molecule has 10 nitrogen and oxygen atoms in total. The minimum atomic E-state index is -4.44. The average molecular weight is 527 g/mol. The predicted octanol–water partition coefficient (Wildman–Crippen LogP) is 2.83. The molecule has 5 rings (SSSR count). The molecule has 2 fully saturated rings. The van der Waals surface area contributed by atoms with E-state index in [1.54, 1.807) is 4.90 Å². The Kier molecular flexibility index (Phi) is 5.74. The van der Waals surface area contributed by atoms with Crippen molar-refractivity contribution < 1.29 is 21.6 Å². The van der Waals surface area contributed by atoms with Crippen molar-refractivity contribution in [1.29, 1.82) is 0 Å². The van der Waals surface area contributed by atoms with Gasteiger partial charge in [0.15, 0.2) is 10.8 Å². The number of rotatable bonds is 6. The number of nitrogens with zero attached hydrogens (tertiary/aromatic N) is 6. The second kappa shape index (κ2) is 8.40. The van der Waals surface area contributed by atoms with Crippen molar-refractivity contribution in [3.8, 4) is 5.13 Å². The predicted molar refractivity (Wildman–Crippen MR) is 123 cm³/mol. The third-order valence-corrected chi connectivity index (χ3v) is 8.41. The molecule has 2 aliphatic rings. The number of halogens is 3. The van der Waals surface area contributed by atoms with Gasteiger partial charge in [-0.2, -0.15) is 5.10 Å². The lowest BCUT2D eigenvalue weighted by atomic mass is 10.1. The fourth-order valence-corrected chi connectivity index (χ4v) is 6.46. The number of benzene rings is 1. The summed E-state index contributed by atoms with van der Waals surface area (Å²) in [5.41, 5.74) is -1.06. The summed E-state index contributed by atoms with van der Waals surface area (Å²) in [7, 11) is -4.44. The van der Waals surface area contributed by atoms with Gasteiger partial charge in [-0.15, -0.1) is 14.9 Å². The van der Waals surface area contributed by atoms with Crippen LogP contribution in [-0.2, 0) is 10.0 Å². The molecule has 2 N–H and O–H groups in total. The van der Waals surface area contributed by atoms with Gasteiger partial charge in [-0.05, 0) is 19.9 Å². The van der Waals surface area contributed by atoms with E-state index in [0.29, 0.717) is 42.7 Å². The van der Waals surface area contributed by atoms with Crippen molar-refractivity contribution in [3.05, 3.63) is 34.5 Å². The van der Waals surface area contributed by atoms with Gasteiger partial charge in [0.05, 0.1) is 30.2 Å². The zero-order valence-corrected chi connectivity index (χ0v) is 20.3. The maximum Gasteiger partial charge on any atom is 0.299 e. The molecular formula is C20H21F3N8O2S2. The molecule has 2 atom stereocenters. The second-order valence-corrected chi connectivity index (χ2v) is 11.5. The number of piperazine rings is 1. The van der Waals surface area contributed by atoms with Crippen LogP contribution in [0.1, 0.15) is 38.1 Å². The number of sulfonamides is 1. The fraction of sp³-hybridized carbons (Fsp3) is 0.500. The molecule has 2 aromatic heterocycles. The molecule has 1 aliphatic carbocycles. The van der Waals surface area contributed by atoms with Crippen LogP contribution in [0.5, 0.6) is 0 Å². The number of alkyl halides is 2. The van der Waals surface area contributed by atoms with Gasteiger partial charge >= 0.3 is 0 Å². The Morgan fingerprint density at radius 2 is 1.97 bits per heavy atom. The quantitative estimate of drug-likeness (QED) is 0.476. The number of anilines is 1. The highest BCUT2D eigenvalue weighted by Gasteiger charge is 2.54. The van der Waals surface area contributed by atoms with Gasteiger partial charge in [0.2, 0.25) is 15.2 Å². The highest BCUT2D eigenvalue weighted by Crippen LogP contribution is 2.41. The smallest absolute Gasteiger partial charge is 0.299 e. The second-order valence-electron chi connectivity index (χ2n) is 8.87. The molecule has 15 heteroatoms. The molecule has 1 aliphatic heterocycles. The molecule has 35 heavy (non-hydrogen) atoms. The Morgan fingerprint density at radius 1 is 1.29 bits per heavy atom. The van der Waals surface area contributed by atoms with Crippen molar-refractivity contribution in [2.24, 2.45) is 0 Å². The van der Waals surface area contributed by atoms with Crippen LogP contribution in [0.25, 0.3) is 20.9 Å². The standard InChI is InChI=1S/C20H21F3N8O2S2/c1-10-8-30(9-11(2)26-10)16-12-7-25-31(19-28-27-18(34-19)17(22)23)13(12)6-14(15(16)21)35(32,33)29-20(24-3)4-5-20/h6-7,10-11,17,26,29H,4-5,8-9H2,1-2H3/t10-,11-/m0/s1. The van der Waals surface area contributed by atoms with Gasteiger partial charge in [0.1, 0.15) is 4.90 Å². The summed E-state index contributed by atoms with van der Waals surface area (Å²) in [6, 6.07) is 1.09.